The van der Waals surface area contributed by atoms with Gasteiger partial charge in [-0.3, -0.25) is 4.79 Å². The van der Waals surface area contributed by atoms with Crippen LogP contribution < -0.4 is 9.80 Å². The van der Waals surface area contributed by atoms with E-state index in [2.05, 4.69) is 9.88 Å². The number of halogens is 1. The van der Waals surface area contributed by atoms with Crippen LogP contribution in [0.4, 0.5) is 15.8 Å². The minimum atomic E-state index is -0.216. The maximum absolute atomic E-state index is 13.9. The van der Waals surface area contributed by atoms with E-state index in [0.29, 0.717) is 37.6 Å². The summed E-state index contributed by atoms with van der Waals surface area (Å²) in [4.78, 5) is 23.3. The van der Waals surface area contributed by atoms with E-state index in [0.717, 1.165) is 18.8 Å². The van der Waals surface area contributed by atoms with Gasteiger partial charge in [-0.15, -0.1) is 0 Å². The molecule has 0 radical (unpaired) electrons. The fourth-order valence-corrected chi connectivity index (χ4v) is 3.87. The lowest BCUT2D eigenvalue weighted by Gasteiger charge is -2.36. The van der Waals surface area contributed by atoms with Gasteiger partial charge < -0.3 is 14.7 Å². The Bertz CT molecular complexity index is 781. The third-order valence-electron chi connectivity index (χ3n) is 5.45. The van der Waals surface area contributed by atoms with Crippen molar-refractivity contribution >= 4 is 17.3 Å². The molecule has 2 fully saturated rings. The first kappa shape index (κ1) is 17.8. The van der Waals surface area contributed by atoms with Crippen LogP contribution in [0.3, 0.4) is 0 Å². The predicted molar refractivity (Wildman–Crippen MR) is 105 cm³/mol. The molecule has 6 heteroatoms. The van der Waals surface area contributed by atoms with Gasteiger partial charge in [-0.25, -0.2) is 9.37 Å². The summed E-state index contributed by atoms with van der Waals surface area (Å²) in [5, 5.41) is 0. The number of anilines is 2. The molecule has 1 aromatic heterocycles. The van der Waals surface area contributed by atoms with Gasteiger partial charge in [0.1, 0.15) is 11.5 Å². The van der Waals surface area contributed by atoms with Crippen LogP contribution in [-0.4, -0.2) is 55.1 Å². The molecular formula is C21H25FN4O. The Hall–Kier alpha value is -2.63. The van der Waals surface area contributed by atoms with Crippen LogP contribution in [0.25, 0.3) is 0 Å². The Balaban J connectivity index is 1.37. The molecule has 2 aliphatic rings. The Morgan fingerprint density at radius 2 is 1.59 bits per heavy atom. The monoisotopic (exact) mass is 368 g/mol. The number of benzene rings is 1. The van der Waals surface area contributed by atoms with E-state index in [1.54, 1.807) is 17.0 Å². The van der Waals surface area contributed by atoms with Gasteiger partial charge in [0.05, 0.1) is 17.6 Å². The number of nitrogens with zero attached hydrogens (tertiary/aromatic N) is 4. The second kappa shape index (κ2) is 7.94. The summed E-state index contributed by atoms with van der Waals surface area (Å²) in [5.41, 5.74) is 2.18. The number of piperazine rings is 1. The number of carbonyl (C=O) groups excluding carboxylic acids is 1. The first-order valence-corrected chi connectivity index (χ1v) is 9.72. The molecule has 2 aliphatic heterocycles. The van der Waals surface area contributed by atoms with Crippen molar-refractivity contribution < 1.29 is 9.18 Å². The van der Waals surface area contributed by atoms with Gasteiger partial charge in [-0.2, -0.15) is 0 Å². The second-order valence-electron chi connectivity index (χ2n) is 7.18. The minimum absolute atomic E-state index is 0.0478. The van der Waals surface area contributed by atoms with E-state index in [-0.39, 0.29) is 11.7 Å². The summed E-state index contributed by atoms with van der Waals surface area (Å²) in [6.45, 7) is 4.52. The first-order chi connectivity index (χ1) is 13.2. The van der Waals surface area contributed by atoms with Crippen LogP contribution in [0.1, 0.15) is 29.8 Å². The molecule has 0 bridgehead atoms. The first-order valence-electron chi connectivity index (χ1n) is 9.72. The number of hydrogen-bond donors (Lipinski definition) is 0. The largest absolute Gasteiger partial charge is 0.370 e. The highest BCUT2D eigenvalue weighted by Crippen LogP contribution is 2.22. The summed E-state index contributed by atoms with van der Waals surface area (Å²) in [5.74, 6) is -0.263. The highest BCUT2D eigenvalue weighted by Gasteiger charge is 2.24. The molecule has 4 rings (SSSR count). The summed E-state index contributed by atoms with van der Waals surface area (Å²) in [7, 11) is 0. The number of amides is 1. The molecular weight excluding hydrogens is 343 g/mol. The minimum Gasteiger partial charge on any atom is -0.370 e. The fourth-order valence-electron chi connectivity index (χ4n) is 3.87. The van der Waals surface area contributed by atoms with Gasteiger partial charge >= 0.3 is 0 Å². The van der Waals surface area contributed by atoms with Crippen molar-refractivity contribution in [2.45, 2.75) is 19.3 Å². The van der Waals surface area contributed by atoms with Crippen LogP contribution in [-0.2, 0) is 0 Å². The van der Waals surface area contributed by atoms with E-state index in [1.165, 1.54) is 25.3 Å². The van der Waals surface area contributed by atoms with Crippen molar-refractivity contribution in [3.63, 3.8) is 0 Å². The molecule has 2 saturated heterocycles. The smallest absolute Gasteiger partial charge is 0.272 e. The number of para-hydroxylation sites is 1. The van der Waals surface area contributed by atoms with Crippen LogP contribution in [0.15, 0.2) is 42.6 Å². The average molecular weight is 368 g/mol. The van der Waals surface area contributed by atoms with Gasteiger partial charge in [-0.05, 0) is 43.5 Å². The van der Waals surface area contributed by atoms with E-state index >= 15 is 0 Å². The standard InChI is InChI=1S/C21H25FN4O/c22-18-6-2-3-7-20(18)25-12-14-26(15-13-25)21(27)19-9-8-17(16-23-19)24-10-4-1-5-11-24/h2-3,6-9,16H,1,4-5,10-15H2. The number of pyridine rings is 1. The van der Waals surface area contributed by atoms with Crippen LogP contribution in [0.2, 0.25) is 0 Å². The molecule has 0 N–H and O–H groups in total. The predicted octanol–water partition coefficient (Wildman–Crippen LogP) is 3.17. The number of hydrogen-bond acceptors (Lipinski definition) is 4. The van der Waals surface area contributed by atoms with Crippen molar-refractivity contribution in [3.05, 3.63) is 54.1 Å². The lowest BCUT2D eigenvalue weighted by Crippen LogP contribution is -2.49. The third kappa shape index (κ3) is 3.89. The number of piperidine rings is 1. The molecule has 0 aliphatic carbocycles. The Morgan fingerprint density at radius 3 is 2.26 bits per heavy atom. The van der Waals surface area contributed by atoms with Crippen LogP contribution in [0, 0.1) is 5.82 Å². The van der Waals surface area contributed by atoms with Gasteiger partial charge in [-0.1, -0.05) is 12.1 Å². The maximum atomic E-state index is 13.9. The normalized spacial score (nSPS) is 17.9. The Labute approximate surface area is 159 Å². The van der Waals surface area contributed by atoms with Gasteiger partial charge in [0, 0.05) is 39.3 Å². The highest BCUT2D eigenvalue weighted by molar-refractivity contribution is 5.92. The molecule has 5 nitrogen and oxygen atoms in total. The van der Waals surface area contributed by atoms with Gasteiger partial charge in [0.25, 0.3) is 5.91 Å². The molecule has 0 saturated carbocycles. The van der Waals surface area contributed by atoms with Gasteiger partial charge in [0.2, 0.25) is 0 Å². The van der Waals surface area contributed by atoms with E-state index < -0.39 is 0 Å². The third-order valence-corrected chi connectivity index (χ3v) is 5.45. The van der Waals surface area contributed by atoms with Crippen LogP contribution in [0.5, 0.6) is 0 Å². The van der Waals surface area contributed by atoms with Crippen molar-refractivity contribution in [3.8, 4) is 0 Å². The zero-order valence-corrected chi connectivity index (χ0v) is 15.5. The molecule has 0 unspecified atom stereocenters. The topological polar surface area (TPSA) is 39.7 Å². The summed E-state index contributed by atoms with van der Waals surface area (Å²) >= 11 is 0. The fraction of sp³-hybridized carbons (Fsp3) is 0.429. The quantitative estimate of drug-likeness (QED) is 0.834. The summed E-state index contributed by atoms with van der Waals surface area (Å²) < 4.78 is 13.9. The van der Waals surface area contributed by atoms with Crippen molar-refractivity contribution in [2.24, 2.45) is 0 Å². The van der Waals surface area contributed by atoms with Crippen molar-refractivity contribution in [1.82, 2.24) is 9.88 Å². The molecule has 1 aromatic carbocycles. The zero-order valence-electron chi connectivity index (χ0n) is 15.5. The van der Waals surface area contributed by atoms with E-state index in [4.69, 9.17) is 0 Å². The molecule has 0 atom stereocenters. The zero-order chi connectivity index (χ0) is 18.6. The summed E-state index contributed by atoms with van der Waals surface area (Å²) in [6, 6.07) is 10.6. The Kier molecular flexibility index (Phi) is 5.23. The lowest BCUT2D eigenvalue weighted by atomic mass is 10.1. The number of aromatic nitrogens is 1. The maximum Gasteiger partial charge on any atom is 0.272 e. The molecule has 3 heterocycles. The molecule has 2 aromatic rings. The SMILES string of the molecule is O=C(c1ccc(N2CCCCC2)cn1)N1CCN(c2ccccc2F)CC1. The van der Waals surface area contributed by atoms with Crippen molar-refractivity contribution in [2.75, 3.05) is 49.1 Å². The number of rotatable bonds is 3. The van der Waals surface area contributed by atoms with E-state index in [1.807, 2.05) is 29.3 Å². The van der Waals surface area contributed by atoms with E-state index in [9.17, 15) is 9.18 Å². The van der Waals surface area contributed by atoms with Gasteiger partial charge in [0.15, 0.2) is 0 Å². The average Bonchev–Trinajstić information content (AvgIpc) is 2.74. The molecule has 27 heavy (non-hydrogen) atoms. The lowest BCUT2D eigenvalue weighted by molar-refractivity contribution is 0.0741. The molecule has 0 spiro atoms. The van der Waals surface area contributed by atoms with Crippen LogP contribution >= 0.6 is 0 Å². The highest BCUT2D eigenvalue weighted by atomic mass is 19.1. The molecule has 1 amide bonds. The number of carbonyl (C=O) groups is 1. The Morgan fingerprint density at radius 1 is 0.852 bits per heavy atom. The van der Waals surface area contributed by atoms with Crippen molar-refractivity contribution in [1.29, 1.82) is 0 Å². The summed E-state index contributed by atoms with van der Waals surface area (Å²) in [6.07, 6.45) is 5.54. The molecule has 142 valence electrons. The second-order valence-corrected chi connectivity index (χ2v) is 7.18.